The first-order valence-corrected chi connectivity index (χ1v) is 7.29. The van der Waals surface area contributed by atoms with E-state index in [1.54, 1.807) is 0 Å². The summed E-state index contributed by atoms with van der Waals surface area (Å²) in [6, 6.07) is 0.00762. The molecule has 0 aromatic rings. The summed E-state index contributed by atoms with van der Waals surface area (Å²) in [6.45, 7) is 0. The predicted molar refractivity (Wildman–Crippen MR) is 65.5 cm³/mol. The molecule has 0 amide bonds. The van der Waals surface area contributed by atoms with Crippen LogP contribution in [0.1, 0.15) is 0 Å². The molecule has 1 aliphatic heterocycles. The molecule has 1 fully saturated rings. The molecule has 0 aromatic carbocycles. The Morgan fingerprint density at radius 3 is 2.29 bits per heavy atom. The van der Waals surface area contributed by atoms with E-state index in [0.717, 1.165) is 6.16 Å². The van der Waals surface area contributed by atoms with Gasteiger partial charge in [0.1, 0.15) is 0 Å². The van der Waals surface area contributed by atoms with Crippen LogP contribution in [0.25, 0.3) is 0 Å². The monoisotopic (exact) mass is 226 g/mol. The summed E-state index contributed by atoms with van der Waals surface area (Å²) in [5.41, 5.74) is 0. The van der Waals surface area contributed by atoms with Crippen LogP contribution in [0, 0.1) is 30.6 Å². The Labute approximate surface area is 91.8 Å². The van der Waals surface area contributed by atoms with Crippen LogP contribution in [-0.2, 0) is 11.8 Å². The van der Waals surface area contributed by atoms with Crippen LogP contribution < -0.4 is 0 Å². The van der Waals surface area contributed by atoms with E-state index >= 15 is 0 Å². The number of rotatable bonds is 1. The number of terminal acetylenes is 2. The van der Waals surface area contributed by atoms with Crippen LogP contribution >= 0.6 is 6.34 Å². The van der Waals surface area contributed by atoms with Gasteiger partial charge in [-0.3, -0.25) is 9.34 Å². The molecular formula is C10H15N2PS. The number of hydrogen-bond acceptors (Lipinski definition) is 1. The maximum atomic E-state index is 5.67. The van der Waals surface area contributed by atoms with Crippen molar-refractivity contribution in [2.45, 2.75) is 6.04 Å². The number of hydrogen-bond donors (Lipinski definition) is 0. The summed E-state index contributed by atoms with van der Waals surface area (Å²) in [5.74, 6) is 5.61. The van der Waals surface area contributed by atoms with Gasteiger partial charge in [0.05, 0.1) is 18.3 Å². The molecule has 0 aliphatic carbocycles. The maximum Gasteiger partial charge on any atom is 0.0901 e. The first-order chi connectivity index (χ1) is 6.47. The normalized spacial score (nSPS) is 38.1. The van der Waals surface area contributed by atoms with Crippen LogP contribution in [0.15, 0.2) is 0 Å². The standard InChI is InChI=1S/C10H15N2PS/c1-6-9-8-13(14,11(3)4)12(5)10(9)7-2/h1-2,9-10H,8H2,3-5H3. The van der Waals surface area contributed by atoms with Gasteiger partial charge in [-0.1, -0.05) is 17.7 Å². The minimum atomic E-state index is -1.66. The summed E-state index contributed by atoms with van der Waals surface area (Å²) in [5, 5.41) is 0. The fourth-order valence-corrected chi connectivity index (χ4v) is 5.12. The minimum Gasteiger partial charge on any atom is -0.270 e. The Morgan fingerprint density at radius 1 is 1.43 bits per heavy atom. The smallest absolute Gasteiger partial charge is 0.0901 e. The highest BCUT2D eigenvalue weighted by atomic mass is 32.4. The van der Waals surface area contributed by atoms with Gasteiger partial charge in [0.2, 0.25) is 0 Å². The molecule has 0 bridgehead atoms. The lowest BCUT2D eigenvalue weighted by Crippen LogP contribution is -2.28. The van der Waals surface area contributed by atoms with Gasteiger partial charge in [0.15, 0.2) is 0 Å². The summed E-state index contributed by atoms with van der Waals surface area (Å²) in [7, 11) is 6.00. The molecule has 0 aromatic heterocycles. The van der Waals surface area contributed by atoms with E-state index in [9.17, 15) is 0 Å². The van der Waals surface area contributed by atoms with Crippen LogP contribution in [0.2, 0.25) is 0 Å². The quantitative estimate of drug-likeness (QED) is 0.487. The highest BCUT2D eigenvalue weighted by molar-refractivity contribution is 8.12. The molecule has 14 heavy (non-hydrogen) atoms. The predicted octanol–water partition coefficient (Wildman–Crippen LogP) is 1.05. The average Bonchev–Trinajstić information content (AvgIpc) is 2.40. The van der Waals surface area contributed by atoms with Gasteiger partial charge in [-0.05, 0) is 21.1 Å². The van der Waals surface area contributed by atoms with Crippen molar-refractivity contribution >= 4 is 18.1 Å². The molecule has 1 rings (SSSR count). The minimum absolute atomic E-state index is 0.00762. The third-order valence-electron chi connectivity index (χ3n) is 2.72. The van der Waals surface area contributed by atoms with E-state index in [-0.39, 0.29) is 12.0 Å². The molecule has 0 radical (unpaired) electrons. The van der Waals surface area contributed by atoms with Crippen molar-refractivity contribution in [3.05, 3.63) is 0 Å². The third kappa shape index (κ3) is 1.62. The van der Waals surface area contributed by atoms with Gasteiger partial charge in [0, 0.05) is 6.16 Å². The maximum absolute atomic E-state index is 5.67. The van der Waals surface area contributed by atoms with E-state index in [1.807, 2.05) is 21.1 Å². The second-order valence-corrected chi connectivity index (χ2v) is 8.53. The molecule has 0 spiro atoms. The molecule has 3 unspecified atom stereocenters. The lowest BCUT2D eigenvalue weighted by Gasteiger charge is -2.32. The van der Waals surface area contributed by atoms with Gasteiger partial charge in [-0.25, -0.2) is 0 Å². The van der Waals surface area contributed by atoms with Gasteiger partial charge >= 0.3 is 0 Å². The lowest BCUT2D eigenvalue weighted by atomic mass is 10.0. The van der Waals surface area contributed by atoms with E-state index in [1.165, 1.54) is 0 Å². The molecule has 0 saturated carbocycles. The summed E-state index contributed by atoms with van der Waals surface area (Å²) >= 11 is 5.67. The van der Waals surface area contributed by atoms with Crippen molar-refractivity contribution in [1.82, 2.24) is 9.34 Å². The molecule has 0 N–H and O–H groups in total. The van der Waals surface area contributed by atoms with Crippen molar-refractivity contribution in [2.24, 2.45) is 5.92 Å². The van der Waals surface area contributed by atoms with Crippen LogP contribution in [0.5, 0.6) is 0 Å². The van der Waals surface area contributed by atoms with Gasteiger partial charge in [-0.2, -0.15) is 0 Å². The Kier molecular flexibility index (Phi) is 3.40. The van der Waals surface area contributed by atoms with Gasteiger partial charge in [-0.15, -0.1) is 18.8 Å². The molecule has 2 nitrogen and oxygen atoms in total. The zero-order chi connectivity index (χ0) is 10.9. The highest BCUT2D eigenvalue weighted by Crippen LogP contribution is 2.59. The van der Waals surface area contributed by atoms with Crippen LogP contribution in [0.3, 0.4) is 0 Å². The molecule has 1 aliphatic rings. The van der Waals surface area contributed by atoms with Gasteiger partial charge in [0.25, 0.3) is 0 Å². The van der Waals surface area contributed by atoms with E-state index in [2.05, 4.69) is 21.2 Å². The molecule has 4 heteroatoms. The van der Waals surface area contributed by atoms with Crippen molar-refractivity contribution in [1.29, 1.82) is 0 Å². The largest absolute Gasteiger partial charge is 0.270 e. The van der Waals surface area contributed by atoms with Crippen molar-refractivity contribution in [3.63, 3.8) is 0 Å². The van der Waals surface area contributed by atoms with Crippen molar-refractivity contribution in [2.75, 3.05) is 27.3 Å². The second kappa shape index (κ2) is 4.05. The number of nitrogens with zero attached hydrogens (tertiary/aromatic N) is 2. The summed E-state index contributed by atoms with van der Waals surface area (Å²) < 4.78 is 4.22. The fourth-order valence-electron chi connectivity index (χ4n) is 1.75. The van der Waals surface area contributed by atoms with Crippen LogP contribution in [0.4, 0.5) is 0 Å². The molecule has 1 heterocycles. The van der Waals surface area contributed by atoms with Gasteiger partial charge < -0.3 is 0 Å². The zero-order valence-electron chi connectivity index (χ0n) is 8.77. The Hall–Kier alpha value is -0.310. The molecule has 1 saturated heterocycles. The van der Waals surface area contributed by atoms with Crippen LogP contribution in [-0.4, -0.2) is 42.7 Å². The SMILES string of the molecule is C#CC1CP(=S)(N(C)C)N(C)C1C#C. The molecular weight excluding hydrogens is 211 g/mol. The second-order valence-electron chi connectivity index (χ2n) is 3.65. The lowest BCUT2D eigenvalue weighted by molar-refractivity contribution is 0.441. The average molecular weight is 226 g/mol. The van der Waals surface area contributed by atoms with Crippen molar-refractivity contribution < 1.29 is 0 Å². The Bertz CT molecular complexity index is 350. The first-order valence-electron chi connectivity index (χ1n) is 4.39. The highest BCUT2D eigenvalue weighted by Gasteiger charge is 2.43. The summed E-state index contributed by atoms with van der Waals surface area (Å²) in [6.07, 6.45) is 10.1. The topological polar surface area (TPSA) is 6.48 Å². The van der Waals surface area contributed by atoms with Crippen molar-refractivity contribution in [3.8, 4) is 24.7 Å². The Morgan fingerprint density at radius 2 is 2.00 bits per heavy atom. The molecule has 76 valence electrons. The van der Waals surface area contributed by atoms with E-state index in [0.29, 0.717) is 0 Å². The fraction of sp³-hybridized carbons (Fsp3) is 0.600. The molecule has 3 atom stereocenters. The van der Waals surface area contributed by atoms with E-state index < -0.39 is 6.34 Å². The Balaban J connectivity index is 3.06. The third-order valence-corrected chi connectivity index (χ3v) is 8.27. The van der Waals surface area contributed by atoms with E-state index in [4.69, 9.17) is 24.7 Å². The zero-order valence-corrected chi connectivity index (χ0v) is 10.5. The summed E-state index contributed by atoms with van der Waals surface area (Å²) in [4.78, 5) is 0. The first kappa shape index (κ1) is 11.8.